The first-order valence-corrected chi connectivity index (χ1v) is 12.8. The van der Waals surface area contributed by atoms with Crippen LogP contribution >= 0.6 is 11.6 Å². The van der Waals surface area contributed by atoms with Crippen molar-refractivity contribution in [2.75, 3.05) is 15.5 Å². The minimum Gasteiger partial charge on any atom is -0.324 e. The summed E-state index contributed by atoms with van der Waals surface area (Å²) in [5.41, 5.74) is 3.34. The molecule has 3 amide bonds. The molecule has 2 N–H and O–H groups in total. The summed E-state index contributed by atoms with van der Waals surface area (Å²) in [5, 5.41) is 6.18. The SMILES string of the molecule is O=C(Nc1ccc(-c2ccncc2)cc1)C(c1ccccc1F)N(C(=O)Nc1ccc(Cl)cc1)c1ccccc1. The van der Waals surface area contributed by atoms with Crippen molar-refractivity contribution in [2.24, 2.45) is 0 Å². The number of para-hydroxylation sites is 1. The zero-order valence-electron chi connectivity index (χ0n) is 21.2. The molecule has 0 fully saturated rings. The molecule has 40 heavy (non-hydrogen) atoms. The van der Waals surface area contributed by atoms with E-state index in [4.69, 9.17) is 11.6 Å². The zero-order chi connectivity index (χ0) is 27.9. The maximum Gasteiger partial charge on any atom is 0.327 e. The summed E-state index contributed by atoms with van der Waals surface area (Å²) in [4.78, 5) is 32.9. The van der Waals surface area contributed by atoms with Crippen molar-refractivity contribution in [3.63, 3.8) is 0 Å². The molecule has 0 aliphatic heterocycles. The minimum atomic E-state index is -1.34. The van der Waals surface area contributed by atoms with Gasteiger partial charge in [0.25, 0.3) is 5.91 Å². The molecule has 0 spiro atoms. The molecule has 1 aromatic heterocycles. The lowest BCUT2D eigenvalue weighted by atomic mass is 10.0. The Bertz CT molecular complexity index is 1600. The van der Waals surface area contributed by atoms with E-state index in [-0.39, 0.29) is 5.56 Å². The second-order valence-electron chi connectivity index (χ2n) is 8.87. The van der Waals surface area contributed by atoms with Gasteiger partial charge in [0.1, 0.15) is 11.9 Å². The Morgan fingerprint density at radius 2 is 1.27 bits per heavy atom. The normalized spacial score (nSPS) is 11.3. The first kappa shape index (κ1) is 26.6. The van der Waals surface area contributed by atoms with E-state index in [1.165, 1.54) is 23.1 Å². The Kier molecular flexibility index (Phi) is 8.13. The molecule has 6 nitrogen and oxygen atoms in total. The number of nitrogens with zero attached hydrogens (tertiary/aromatic N) is 2. The Morgan fingerprint density at radius 3 is 1.95 bits per heavy atom. The van der Waals surface area contributed by atoms with Crippen LogP contribution in [0.15, 0.2) is 128 Å². The van der Waals surface area contributed by atoms with E-state index in [2.05, 4.69) is 15.6 Å². The monoisotopic (exact) mass is 550 g/mol. The first-order chi connectivity index (χ1) is 19.5. The molecular formula is C32H24ClFN4O2. The van der Waals surface area contributed by atoms with Crippen LogP contribution in [0.3, 0.4) is 0 Å². The fourth-order valence-electron chi connectivity index (χ4n) is 4.28. The molecule has 0 radical (unpaired) electrons. The van der Waals surface area contributed by atoms with Crippen molar-refractivity contribution in [1.82, 2.24) is 4.98 Å². The molecular weight excluding hydrogens is 527 g/mol. The number of hydrogen-bond donors (Lipinski definition) is 2. The molecule has 0 bridgehead atoms. The van der Waals surface area contributed by atoms with Crippen LogP contribution in [-0.4, -0.2) is 16.9 Å². The highest BCUT2D eigenvalue weighted by molar-refractivity contribution is 6.30. The summed E-state index contributed by atoms with van der Waals surface area (Å²) in [5.74, 6) is -1.20. The number of pyridine rings is 1. The van der Waals surface area contributed by atoms with E-state index in [9.17, 15) is 9.59 Å². The van der Waals surface area contributed by atoms with E-state index < -0.39 is 23.8 Å². The third-order valence-electron chi connectivity index (χ3n) is 6.22. The summed E-state index contributed by atoms with van der Waals surface area (Å²) < 4.78 is 15.2. The van der Waals surface area contributed by atoms with Gasteiger partial charge in [-0.25, -0.2) is 9.18 Å². The summed E-state index contributed by atoms with van der Waals surface area (Å²) in [6, 6.07) is 30.2. The fraction of sp³-hybridized carbons (Fsp3) is 0.0312. The van der Waals surface area contributed by atoms with Gasteiger partial charge in [-0.2, -0.15) is 0 Å². The van der Waals surface area contributed by atoms with Crippen molar-refractivity contribution in [1.29, 1.82) is 0 Å². The van der Waals surface area contributed by atoms with Gasteiger partial charge in [-0.1, -0.05) is 60.1 Å². The molecule has 1 heterocycles. The number of hydrogen-bond acceptors (Lipinski definition) is 3. The summed E-state index contributed by atoms with van der Waals surface area (Å²) in [6.07, 6.45) is 3.41. The molecule has 0 aliphatic rings. The largest absolute Gasteiger partial charge is 0.327 e. The van der Waals surface area contributed by atoms with Gasteiger partial charge in [0.2, 0.25) is 0 Å². The van der Waals surface area contributed by atoms with Crippen molar-refractivity contribution in [3.05, 3.63) is 144 Å². The third kappa shape index (κ3) is 6.17. The predicted octanol–water partition coefficient (Wildman–Crippen LogP) is 7.96. The number of anilines is 3. The van der Waals surface area contributed by atoms with Gasteiger partial charge < -0.3 is 10.6 Å². The average Bonchev–Trinajstić information content (AvgIpc) is 2.99. The summed E-state index contributed by atoms with van der Waals surface area (Å²) in [7, 11) is 0. The molecule has 0 saturated carbocycles. The Labute approximate surface area is 236 Å². The number of nitrogens with one attached hydrogen (secondary N) is 2. The Balaban J connectivity index is 1.51. The van der Waals surface area contributed by atoms with E-state index in [1.54, 1.807) is 85.2 Å². The third-order valence-corrected chi connectivity index (χ3v) is 6.47. The van der Waals surface area contributed by atoms with Crippen molar-refractivity contribution < 1.29 is 14.0 Å². The highest BCUT2D eigenvalue weighted by atomic mass is 35.5. The van der Waals surface area contributed by atoms with Gasteiger partial charge in [-0.15, -0.1) is 0 Å². The van der Waals surface area contributed by atoms with E-state index in [1.807, 2.05) is 24.3 Å². The molecule has 0 saturated heterocycles. The van der Waals surface area contributed by atoms with Gasteiger partial charge in [0, 0.05) is 40.0 Å². The van der Waals surface area contributed by atoms with Crippen LogP contribution in [0, 0.1) is 5.82 Å². The minimum absolute atomic E-state index is 0.0449. The lowest BCUT2D eigenvalue weighted by molar-refractivity contribution is -0.117. The van der Waals surface area contributed by atoms with Crippen LogP contribution in [0.25, 0.3) is 11.1 Å². The number of halogens is 2. The number of carbonyl (C=O) groups is 2. The zero-order valence-corrected chi connectivity index (χ0v) is 21.9. The van der Waals surface area contributed by atoms with Crippen molar-refractivity contribution in [2.45, 2.75) is 6.04 Å². The van der Waals surface area contributed by atoms with Gasteiger partial charge in [0.15, 0.2) is 0 Å². The molecule has 5 rings (SSSR count). The number of rotatable bonds is 7. The number of aromatic nitrogens is 1. The van der Waals surface area contributed by atoms with Crippen LogP contribution in [0.5, 0.6) is 0 Å². The van der Waals surface area contributed by atoms with E-state index in [0.29, 0.717) is 22.1 Å². The highest BCUT2D eigenvalue weighted by Crippen LogP contribution is 2.32. The maximum atomic E-state index is 15.2. The second kappa shape index (κ2) is 12.2. The molecule has 198 valence electrons. The van der Waals surface area contributed by atoms with E-state index in [0.717, 1.165) is 11.1 Å². The van der Waals surface area contributed by atoms with Crippen LogP contribution < -0.4 is 15.5 Å². The van der Waals surface area contributed by atoms with Gasteiger partial charge >= 0.3 is 6.03 Å². The van der Waals surface area contributed by atoms with Gasteiger partial charge in [0.05, 0.1) is 0 Å². The average molecular weight is 551 g/mol. The number of urea groups is 1. The van der Waals surface area contributed by atoms with Crippen LogP contribution in [0.4, 0.5) is 26.2 Å². The van der Waals surface area contributed by atoms with Gasteiger partial charge in [-0.3, -0.25) is 14.7 Å². The van der Waals surface area contributed by atoms with Crippen LogP contribution in [0.1, 0.15) is 11.6 Å². The van der Waals surface area contributed by atoms with Crippen LogP contribution in [-0.2, 0) is 4.79 Å². The first-order valence-electron chi connectivity index (χ1n) is 12.5. The lowest BCUT2D eigenvalue weighted by Crippen LogP contribution is -2.44. The standard InChI is InChI=1S/C32H24ClFN4O2/c33-24-12-16-26(17-13-24)37-32(40)38(27-6-2-1-3-7-27)30(28-8-4-5-9-29(28)34)31(39)36-25-14-10-22(11-15-25)23-18-20-35-21-19-23/h1-21,30H,(H,36,39)(H,37,40). The number of amides is 3. The van der Waals surface area contributed by atoms with Crippen molar-refractivity contribution in [3.8, 4) is 11.1 Å². The summed E-state index contributed by atoms with van der Waals surface area (Å²) in [6.45, 7) is 0. The van der Waals surface area contributed by atoms with Crippen molar-refractivity contribution >= 4 is 40.6 Å². The predicted molar refractivity (Wildman–Crippen MR) is 157 cm³/mol. The molecule has 8 heteroatoms. The smallest absolute Gasteiger partial charge is 0.324 e. The Hall–Kier alpha value is -5.01. The number of benzene rings is 4. The van der Waals surface area contributed by atoms with Gasteiger partial charge in [-0.05, 0) is 77.9 Å². The molecule has 1 atom stereocenters. The molecule has 5 aromatic rings. The molecule has 4 aromatic carbocycles. The molecule has 0 aliphatic carbocycles. The summed E-state index contributed by atoms with van der Waals surface area (Å²) >= 11 is 6.00. The van der Waals surface area contributed by atoms with Crippen LogP contribution in [0.2, 0.25) is 5.02 Å². The topological polar surface area (TPSA) is 74.3 Å². The fourth-order valence-corrected chi connectivity index (χ4v) is 4.41. The highest BCUT2D eigenvalue weighted by Gasteiger charge is 2.35. The number of carbonyl (C=O) groups excluding carboxylic acids is 2. The maximum absolute atomic E-state index is 15.2. The quantitative estimate of drug-likeness (QED) is 0.216. The second-order valence-corrected chi connectivity index (χ2v) is 9.31. The Morgan fingerprint density at radius 1 is 0.700 bits per heavy atom. The van der Waals surface area contributed by atoms with E-state index >= 15 is 4.39 Å². The molecule has 1 unspecified atom stereocenters. The lowest BCUT2D eigenvalue weighted by Gasteiger charge is -2.31.